The summed E-state index contributed by atoms with van der Waals surface area (Å²) in [6.45, 7) is 1.59. The summed E-state index contributed by atoms with van der Waals surface area (Å²) < 4.78 is 40.9. The van der Waals surface area contributed by atoms with Gasteiger partial charge in [-0.2, -0.15) is 0 Å². The van der Waals surface area contributed by atoms with Gasteiger partial charge in [-0.1, -0.05) is 36.3 Å². The minimum atomic E-state index is -4.83. The third kappa shape index (κ3) is 4.13. The smallest absolute Gasteiger partial charge is 0.406 e. The SMILES string of the molecule is C[C@@H](CC(=O)ON1C(=O)c2ccccc2C1=O)c1cccc(OC(F)(F)F)c1. The molecule has 1 atom stereocenters. The molecule has 1 heterocycles. The van der Waals surface area contributed by atoms with Crippen LogP contribution in [0.1, 0.15) is 45.5 Å². The zero-order chi connectivity index (χ0) is 20.5. The number of hydrogen-bond donors (Lipinski definition) is 0. The van der Waals surface area contributed by atoms with E-state index in [1.165, 1.54) is 24.3 Å². The van der Waals surface area contributed by atoms with E-state index in [0.717, 1.165) is 12.1 Å². The minimum Gasteiger partial charge on any atom is -0.406 e. The van der Waals surface area contributed by atoms with E-state index in [2.05, 4.69) is 4.74 Å². The monoisotopic (exact) mass is 393 g/mol. The maximum Gasteiger partial charge on any atom is 0.573 e. The van der Waals surface area contributed by atoms with Crippen molar-refractivity contribution in [1.29, 1.82) is 0 Å². The topological polar surface area (TPSA) is 72.9 Å². The third-order valence-corrected chi connectivity index (χ3v) is 4.08. The van der Waals surface area contributed by atoms with Gasteiger partial charge in [0.05, 0.1) is 17.5 Å². The van der Waals surface area contributed by atoms with Crippen molar-refractivity contribution in [1.82, 2.24) is 5.06 Å². The van der Waals surface area contributed by atoms with E-state index in [1.54, 1.807) is 19.1 Å². The van der Waals surface area contributed by atoms with Gasteiger partial charge in [-0.3, -0.25) is 9.59 Å². The summed E-state index contributed by atoms with van der Waals surface area (Å²) in [4.78, 5) is 41.4. The summed E-state index contributed by atoms with van der Waals surface area (Å²) in [5.41, 5.74) is 0.664. The number of benzene rings is 2. The molecule has 0 saturated carbocycles. The van der Waals surface area contributed by atoms with Crippen molar-refractivity contribution in [2.75, 3.05) is 0 Å². The van der Waals surface area contributed by atoms with Gasteiger partial charge in [-0.05, 0) is 35.7 Å². The summed E-state index contributed by atoms with van der Waals surface area (Å²) in [6.07, 6.45) is -5.09. The summed E-state index contributed by atoms with van der Waals surface area (Å²) in [5, 5.41) is 0.392. The first-order valence-electron chi connectivity index (χ1n) is 8.20. The van der Waals surface area contributed by atoms with Crippen molar-refractivity contribution in [3.05, 3.63) is 65.2 Å². The fourth-order valence-electron chi connectivity index (χ4n) is 2.78. The molecule has 0 unspecified atom stereocenters. The summed E-state index contributed by atoms with van der Waals surface area (Å²) in [5.74, 6) is -3.32. The van der Waals surface area contributed by atoms with E-state index < -0.39 is 35.8 Å². The lowest BCUT2D eigenvalue weighted by Gasteiger charge is -2.16. The number of alkyl halides is 3. The molecule has 0 saturated heterocycles. The Hall–Kier alpha value is -3.36. The molecular formula is C19H14F3NO5. The highest BCUT2D eigenvalue weighted by molar-refractivity contribution is 6.20. The summed E-state index contributed by atoms with van der Waals surface area (Å²) in [6, 6.07) is 11.2. The van der Waals surface area contributed by atoms with Crippen molar-refractivity contribution in [3.8, 4) is 5.75 Å². The molecule has 9 heteroatoms. The lowest BCUT2D eigenvalue weighted by molar-refractivity contribution is -0.274. The van der Waals surface area contributed by atoms with Gasteiger partial charge >= 0.3 is 12.3 Å². The number of fused-ring (bicyclic) bond motifs is 1. The molecule has 2 aromatic carbocycles. The Morgan fingerprint density at radius 3 is 2.21 bits per heavy atom. The second-order valence-corrected chi connectivity index (χ2v) is 6.14. The van der Waals surface area contributed by atoms with Gasteiger partial charge in [0.15, 0.2) is 0 Å². The Bertz CT molecular complexity index is 906. The molecule has 0 radical (unpaired) electrons. The van der Waals surface area contributed by atoms with Crippen LogP contribution in [-0.4, -0.2) is 29.2 Å². The second kappa shape index (κ2) is 7.34. The van der Waals surface area contributed by atoms with Crippen molar-refractivity contribution in [2.45, 2.75) is 25.6 Å². The van der Waals surface area contributed by atoms with E-state index >= 15 is 0 Å². The summed E-state index contributed by atoms with van der Waals surface area (Å²) in [7, 11) is 0. The Kier molecular flexibility index (Phi) is 5.08. The maximum atomic E-state index is 12.3. The molecule has 2 aromatic rings. The van der Waals surface area contributed by atoms with Crippen LogP contribution in [0, 0.1) is 0 Å². The molecule has 1 aliphatic heterocycles. The van der Waals surface area contributed by atoms with Gasteiger partial charge in [0.1, 0.15) is 5.75 Å². The number of ether oxygens (including phenoxy) is 1. The average molecular weight is 393 g/mol. The predicted octanol–water partition coefficient (Wildman–Crippen LogP) is 3.83. The number of hydroxylamine groups is 2. The van der Waals surface area contributed by atoms with E-state index in [9.17, 15) is 27.6 Å². The molecule has 0 spiro atoms. The molecular weight excluding hydrogens is 379 g/mol. The number of hydrogen-bond acceptors (Lipinski definition) is 5. The van der Waals surface area contributed by atoms with Crippen molar-refractivity contribution >= 4 is 17.8 Å². The molecule has 0 fully saturated rings. The zero-order valence-corrected chi connectivity index (χ0v) is 14.5. The number of imide groups is 1. The van der Waals surface area contributed by atoms with Gasteiger partial charge in [0.25, 0.3) is 11.8 Å². The molecule has 146 valence electrons. The van der Waals surface area contributed by atoms with Crippen LogP contribution in [-0.2, 0) is 9.63 Å². The Balaban J connectivity index is 1.65. The lowest BCUT2D eigenvalue weighted by Crippen LogP contribution is -2.33. The van der Waals surface area contributed by atoms with Crippen molar-refractivity contribution in [3.63, 3.8) is 0 Å². The molecule has 0 aromatic heterocycles. The Morgan fingerprint density at radius 2 is 1.64 bits per heavy atom. The Morgan fingerprint density at radius 1 is 1.04 bits per heavy atom. The average Bonchev–Trinajstić information content (AvgIpc) is 2.86. The Labute approximate surface area is 157 Å². The van der Waals surface area contributed by atoms with Gasteiger partial charge in [0.2, 0.25) is 0 Å². The lowest BCUT2D eigenvalue weighted by atomic mass is 9.98. The number of carbonyl (C=O) groups excluding carboxylic acids is 3. The van der Waals surface area contributed by atoms with Crippen LogP contribution in [0.4, 0.5) is 13.2 Å². The molecule has 3 rings (SSSR count). The van der Waals surface area contributed by atoms with Crippen molar-refractivity contribution in [2.24, 2.45) is 0 Å². The molecule has 0 aliphatic carbocycles. The van der Waals surface area contributed by atoms with Crippen LogP contribution in [0.3, 0.4) is 0 Å². The van der Waals surface area contributed by atoms with Gasteiger partial charge in [-0.15, -0.1) is 13.2 Å². The van der Waals surface area contributed by atoms with E-state index in [1.807, 2.05) is 0 Å². The molecule has 0 bridgehead atoms. The van der Waals surface area contributed by atoms with Crippen LogP contribution >= 0.6 is 0 Å². The number of nitrogens with zero attached hydrogens (tertiary/aromatic N) is 1. The fourth-order valence-corrected chi connectivity index (χ4v) is 2.78. The number of carbonyl (C=O) groups is 3. The quantitative estimate of drug-likeness (QED) is 0.722. The molecule has 6 nitrogen and oxygen atoms in total. The van der Waals surface area contributed by atoms with Crippen LogP contribution in [0.2, 0.25) is 0 Å². The largest absolute Gasteiger partial charge is 0.573 e. The van der Waals surface area contributed by atoms with Crippen molar-refractivity contribution < 1.29 is 37.1 Å². The first-order chi connectivity index (χ1) is 13.2. The number of halogens is 3. The highest BCUT2D eigenvalue weighted by Crippen LogP contribution is 2.28. The fraction of sp³-hybridized carbons (Fsp3) is 0.211. The standard InChI is InChI=1S/C19H14F3NO5/c1-11(12-5-4-6-13(10-12)27-19(20,21)22)9-16(24)28-23-17(25)14-7-2-3-8-15(14)18(23)26/h2-8,10-11H,9H2,1H3/t11-/m0/s1. The normalized spacial score (nSPS) is 14.6. The van der Waals surface area contributed by atoms with Gasteiger partial charge in [-0.25, -0.2) is 4.79 Å². The third-order valence-electron chi connectivity index (χ3n) is 4.08. The predicted molar refractivity (Wildman–Crippen MR) is 89.2 cm³/mol. The molecule has 2 amide bonds. The van der Waals surface area contributed by atoms with Crippen LogP contribution in [0.15, 0.2) is 48.5 Å². The number of rotatable bonds is 5. The number of amides is 2. The minimum absolute atomic E-state index is 0.130. The maximum absolute atomic E-state index is 12.3. The van der Waals surface area contributed by atoms with Crippen LogP contribution in [0.25, 0.3) is 0 Å². The van der Waals surface area contributed by atoms with E-state index in [0.29, 0.717) is 10.6 Å². The van der Waals surface area contributed by atoms with Crippen LogP contribution in [0.5, 0.6) is 5.75 Å². The first-order valence-corrected chi connectivity index (χ1v) is 8.20. The van der Waals surface area contributed by atoms with E-state index in [-0.39, 0.29) is 17.5 Å². The van der Waals surface area contributed by atoms with E-state index in [4.69, 9.17) is 4.84 Å². The van der Waals surface area contributed by atoms with Gasteiger partial charge < -0.3 is 9.57 Å². The zero-order valence-electron chi connectivity index (χ0n) is 14.5. The highest BCUT2D eigenvalue weighted by Gasteiger charge is 2.38. The molecule has 0 N–H and O–H groups in total. The highest BCUT2D eigenvalue weighted by atomic mass is 19.4. The molecule has 28 heavy (non-hydrogen) atoms. The first kappa shape index (κ1) is 19.4. The summed E-state index contributed by atoms with van der Waals surface area (Å²) >= 11 is 0. The molecule has 1 aliphatic rings. The second-order valence-electron chi connectivity index (χ2n) is 6.14. The van der Waals surface area contributed by atoms with Gasteiger partial charge in [0, 0.05) is 0 Å². The van der Waals surface area contributed by atoms with Crippen LogP contribution < -0.4 is 4.74 Å².